The number of hydrogen-bond acceptors (Lipinski definition) is 7. The molecule has 190 valence electrons. The van der Waals surface area contributed by atoms with Gasteiger partial charge in [0, 0.05) is 38.6 Å². The molecule has 2 aliphatic rings. The predicted octanol–water partition coefficient (Wildman–Crippen LogP) is 2.34. The van der Waals surface area contributed by atoms with E-state index in [1.165, 1.54) is 0 Å². The Labute approximate surface area is 194 Å². The second-order valence-corrected chi connectivity index (χ2v) is 8.07. The van der Waals surface area contributed by atoms with Crippen LogP contribution < -0.4 is 10.5 Å². The molecule has 4 rings (SSSR count). The molecule has 1 aliphatic heterocycles. The zero-order valence-corrected chi connectivity index (χ0v) is 18.1. The SMILES string of the molecule is O=C(CCOC1CCc2c1n[nH]c(=O)c2C(F)(F)F)N1CCN(c2ncc(C(F)(F)F)cn2)CC1. The minimum Gasteiger partial charge on any atom is -0.371 e. The van der Waals surface area contributed by atoms with E-state index in [0.29, 0.717) is 38.6 Å². The Balaban J connectivity index is 1.27. The van der Waals surface area contributed by atoms with Crippen molar-refractivity contribution in [3.8, 4) is 0 Å². The molecule has 3 heterocycles. The number of ether oxygens (including phenoxy) is 1. The van der Waals surface area contributed by atoms with E-state index in [1.807, 2.05) is 5.10 Å². The summed E-state index contributed by atoms with van der Waals surface area (Å²) >= 11 is 0. The van der Waals surface area contributed by atoms with E-state index < -0.39 is 35.1 Å². The van der Waals surface area contributed by atoms with Crippen molar-refractivity contribution >= 4 is 11.9 Å². The van der Waals surface area contributed by atoms with Crippen molar-refractivity contribution in [3.05, 3.63) is 45.1 Å². The lowest BCUT2D eigenvalue weighted by Crippen LogP contribution is -2.49. The van der Waals surface area contributed by atoms with Crippen molar-refractivity contribution in [3.63, 3.8) is 0 Å². The number of fused-ring (bicyclic) bond motifs is 1. The number of anilines is 1. The van der Waals surface area contributed by atoms with E-state index in [0.717, 1.165) is 0 Å². The smallest absolute Gasteiger partial charge is 0.371 e. The first-order chi connectivity index (χ1) is 16.4. The van der Waals surface area contributed by atoms with E-state index in [4.69, 9.17) is 4.74 Å². The number of piperazine rings is 1. The summed E-state index contributed by atoms with van der Waals surface area (Å²) in [6, 6.07) is 0. The summed E-state index contributed by atoms with van der Waals surface area (Å²) in [5, 5.41) is 5.58. The Kier molecular flexibility index (Phi) is 6.71. The van der Waals surface area contributed by atoms with Crippen molar-refractivity contribution in [2.45, 2.75) is 37.7 Å². The molecule has 0 aromatic carbocycles. The summed E-state index contributed by atoms with van der Waals surface area (Å²) in [7, 11) is 0. The summed E-state index contributed by atoms with van der Waals surface area (Å²) < 4.78 is 83.1. The maximum absolute atomic E-state index is 13.2. The number of amides is 1. The standard InChI is InChI=1S/C20H20F6N6O3/c21-19(22,23)11-9-27-18(28-10-11)32-6-4-31(5-7-32)14(33)3-8-35-13-2-1-12-15(20(24,25)26)17(34)30-29-16(12)13/h9-10,13H,1-8H2,(H,30,34). The lowest BCUT2D eigenvalue weighted by molar-refractivity contribution is -0.139. The summed E-state index contributed by atoms with van der Waals surface area (Å²) in [5.41, 5.74) is -3.67. The van der Waals surface area contributed by atoms with Gasteiger partial charge in [-0.2, -0.15) is 31.4 Å². The Bertz CT molecular complexity index is 1130. The van der Waals surface area contributed by atoms with Crippen LogP contribution in [0, 0.1) is 0 Å². The first kappa shape index (κ1) is 24.9. The zero-order chi connectivity index (χ0) is 25.4. The zero-order valence-electron chi connectivity index (χ0n) is 18.1. The molecule has 1 N–H and O–H groups in total. The number of H-pyrrole nitrogens is 1. The topological polar surface area (TPSA) is 104 Å². The van der Waals surface area contributed by atoms with Crippen LogP contribution in [0.15, 0.2) is 17.2 Å². The molecule has 2 aromatic heterocycles. The number of hydrogen-bond donors (Lipinski definition) is 1. The molecule has 0 bridgehead atoms. The Morgan fingerprint density at radius 2 is 1.71 bits per heavy atom. The maximum Gasteiger partial charge on any atom is 0.422 e. The lowest BCUT2D eigenvalue weighted by atomic mass is 10.1. The summed E-state index contributed by atoms with van der Waals surface area (Å²) in [4.78, 5) is 34.8. The van der Waals surface area contributed by atoms with Crippen LogP contribution in [0.2, 0.25) is 0 Å². The van der Waals surface area contributed by atoms with Gasteiger partial charge in [0.2, 0.25) is 11.9 Å². The molecule has 35 heavy (non-hydrogen) atoms. The molecule has 1 atom stereocenters. The molecule has 15 heteroatoms. The molecule has 9 nitrogen and oxygen atoms in total. The third kappa shape index (κ3) is 5.39. The number of aromatic amines is 1. The average Bonchev–Trinajstić information content (AvgIpc) is 3.20. The van der Waals surface area contributed by atoms with Gasteiger partial charge in [0.25, 0.3) is 5.56 Å². The number of alkyl halides is 6. The molecule has 0 saturated carbocycles. The first-order valence-corrected chi connectivity index (χ1v) is 10.7. The molecule has 1 amide bonds. The number of rotatable bonds is 5. The third-order valence-electron chi connectivity index (χ3n) is 5.88. The fourth-order valence-corrected chi connectivity index (χ4v) is 4.13. The van der Waals surface area contributed by atoms with Crippen LogP contribution in [0.25, 0.3) is 0 Å². The van der Waals surface area contributed by atoms with Crippen LogP contribution in [0.1, 0.15) is 41.3 Å². The normalized spacial score (nSPS) is 18.6. The molecule has 1 aliphatic carbocycles. The van der Waals surface area contributed by atoms with E-state index in [1.54, 1.807) is 9.80 Å². The van der Waals surface area contributed by atoms with Crippen LogP contribution in [0.5, 0.6) is 0 Å². The second-order valence-electron chi connectivity index (χ2n) is 8.07. The monoisotopic (exact) mass is 506 g/mol. The molecule has 1 saturated heterocycles. The predicted molar refractivity (Wildman–Crippen MR) is 107 cm³/mol. The minimum atomic E-state index is -4.81. The van der Waals surface area contributed by atoms with Gasteiger partial charge in [-0.15, -0.1) is 0 Å². The Hall–Kier alpha value is -3.23. The number of carbonyl (C=O) groups is 1. The van der Waals surface area contributed by atoms with E-state index in [9.17, 15) is 35.9 Å². The van der Waals surface area contributed by atoms with Gasteiger partial charge in [-0.05, 0) is 18.4 Å². The minimum absolute atomic E-state index is 0.00626. The van der Waals surface area contributed by atoms with Gasteiger partial charge in [0.05, 0.1) is 24.3 Å². The van der Waals surface area contributed by atoms with Gasteiger partial charge in [0.1, 0.15) is 11.7 Å². The number of carbonyl (C=O) groups excluding carboxylic acids is 1. The van der Waals surface area contributed by atoms with Gasteiger partial charge >= 0.3 is 12.4 Å². The highest BCUT2D eigenvalue weighted by Gasteiger charge is 2.41. The van der Waals surface area contributed by atoms with Crippen LogP contribution in [0.4, 0.5) is 32.3 Å². The van der Waals surface area contributed by atoms with E-state index in [-0.39, 0.29) is 49.0 Å². The van der Waals surface area contributed by atoms with E-state index >= 15 is 0 Å². The van der Waals surface area contributed by atoms with Crippen LogP contribution in [-0.4, -0.2) is 63.8 Å². The van der Waals surface area contributed by atoms with Crippen molar-refractivity contribution in [2.75, 3.05) is 37.7 Å². The van der Waals surface area contributed by atoms with Crippen LogP contribution >= 0.6 is 0 Å². The van der Waals surface area contributed by atoms with Gasteiger partial charge in [-0.25, -0.2) is 15.1 Å². The summed E-state index contributed by atoms with van der Waals surface area (Å²) in [5.74, 6) is -0.0984. The van der Waals surface area contributed by atoms with Crippen molar-refractivity contribution in [1.82, 2.24) is 25.1 Å². The van der Waals surface area contributed by atoms with Crippen molar-refractivity contribution in [2.24, 2.45) is 0 Å². The number of aromatic nitrogens is 4. The Morgan fingerprint density at radius 3 is 2.31 bits per heavy atom. The fourth-order valence-electron chi connectivity index (χ4n) is 4.13. The molecular formula is C20H20F6N6O3. The van der Waals surface area contributed by atoms with Gasteiger partial charge in [-0.1, -0.05) is 0 Å². The number of nitrogens with zero attached hydrogens (tertiary/aromatic N) is 5. The fraction of sp³-hybridized carbons (Fsp3) is 0.550. The molecular weight excluding hydrogens is 486 g/mol. The van der Waals surface area contributed by atoms with Crippen LogP contribution in [0.3, 0.4) is 0 Å². The molecule has 2 aromatic rings. The van der Waals surface area contributed by atoms with Gasteiger partial charge < -0.3 is 14.5 Å². The molecule has 1 fully saturated rings. The van der Waals surface area contributed by atoms with Crippen molar-refractivity contribution < 1.29 is 35.9 Å². The highest BCUT2D eigenvalue weighted by atomic mass is 19.4. The quantitative estimate of drug-likeness (QED) is 0.621. The highest BCUT2D eigenvalue weighted by molar-refractivity contribution is 5.76. The van der Waals surface area contributed by atoms with Crippen molar-refractivity contribution in [1.29, 1.82) is 0 Å². The molecule has 1 unspecified atom stereocenters. The van der Waals surface area contributed by atoms with Crippen LogP contribution in [-0.2, 0) is 28.3 Å². The summed E-state index contributed by atoms with van der Waals surface area (Å²) in [6.07, 6.45) is -8.49. The van der Waals surface area contributed by atoms with Gasteiger partial charge in [0.15, 0.2) is 0 Å². The number of halogens is 6. The highest BCUT2D eigenvalue weighted by Crippen LogP contribution is 2.38. The average molecular weight is 506 g/mol. The number of nitrogens with one attached hydrogen (secondary N) is 1. The first-order valence-electron chi connectivity index (χ1n) is 10.7. The van der Waals surface area contributed by atoms with Gasteiger partial charge in [-0.3, -0.25) is 9.59 Å². The molecule has 0 radical (unpaired) electrons. The second kappa shape index (κ2) is 9.43. The third-order valence-corrected chi connectivity index (χ3v) is 5.88. The maximum atomic E-state index is 13.2. The van der Waals surface area contributed by atoms with E-state index in [2.05, 4.69) is 15.1 Å². The molecule has 0 spiro atoms. The lowest BCUT2D eigenvalue weighted by Gasteiger charge is -2.34. The Morgan fingerprint density at radius 1 is 1.06 bits per heavy atom. The summed E-state index contributed by atoms with van der Waals surface area (Å²) in [6.45, 7) is 1.20. The largest absolute Gasteiger partial charge is 0.422 e.